The third-order valence-electron chi connectivity index (χ3n) is 2.78. The first-order valence-corrected chi connectivity index (χ1v) is 5.91. The van der Waals surface area contributed by atoms with E-state index in [4.69, 9.17) is 0 Å². The van der Waals surface area contributed by atoms with Gasteiger partial charge in [-0.3, -0.25) is 9.78 Å². The molecule has 0 aliphatic heterocycles. The van der Waals surface area contributed by atoms with Gasteiger partial charge in [-0.1, -0.05) is 0 Å². The van der Waals surface area contributed by atoms with Gasteiger partial charge in [0.2, 0.25) is 5.91 Å². The molecule has 0 atom stereocenters. The molecule has 2 aromatic heterocycles. The zero-order valence-corrected chi connectivity index (χ0v) is 11.2. The van der Waals surface area contributed by atoms with E-state index in [1.807, 2.05) is 23.7 Å². The van der Waals surface area contributed by atoms with Crippen LogP contribution in [0.5, 0.6) is 0 Å². The molecule has 0 aromatic carbocycles. The quantitative estimate of drug-likeness (QED) is 0.783. The lowest BCUT2D eigenvalue weighted by molar-refractivity contribution is -0.123. The van der Waals surface area contributed by atoms with Crippen molar-refractivity contribution in [3.8, 4) is 11.4 Å². The van der Waals surface area contributed by atoms with Gasteiger partial charge in [0, 0.05) is 45.2 Å². The number of hydrogen-bond donors (Lipinski definition) is 0. The van der Waals surface area contributed by atoms with E-state index in [1.165, 1.54) is 11.0 Å². The van der Waals surface area contributed by atoms with Gasteiger partial charge in [0.25, 0.3) is 0 Å². The second kappa shape index (κ2) is 5.48. The third-order valence-corrected chi connectivity index (χ3v) is 2.78. The average Bonchev–Trinajstić information content (AvgIpc) is 2.78. The molecule has 0 aliphatic rings. The Morgan fingerprint density at radius 1 is 1.37 bits per heavy atom. The molecule has 0 radical (unpaired) electrons. The molecule has 0 saturated carbocycles. The first-order chi connectivity index (χ1) is 9.09. The Bertz CT molecular complexity index is 599. The normalized spacial score (nSPS) is 10.9. The largest absolute Gasteiger partial charge is 0.345 e. The summed E-state index contributed by atoms with van der Waals surface area (Å²) in [6, 6.07) is 3.82. The molecule has 0 spiro atoms. The highest BCUT2D eigenvalue weighted by molar-refractivity contribution is 5.91. The number of carbonyl (C=O) groups excluding carboxylic acids is 1. The first kappa shape index (κ1) is 13.0. The van der Waals surface area contributed by atoms with E-state index >= 15 is 0 Å². The Balaban J connectivity index is 2.27. The fraction of sp³-hybridized carbons (Fsp3) is 0.214. The highest BCUT2D eigenvalue weighted by atomic mass is 16.2. The average molecular weight is 256 g/mol. The fourth-order valence-electron chi connectivity index (χ4n) is 1.65. The molecule has 0 bridgehead atoms. The van der Waals surface area contributed by atoms with E-state index in [-0.39, 0.29) is 5.91 Å². The summed E-state index contributed by atoms with van der Waals surface area (Å²) in [6.45, 7) is 0. The van der Waals surface area contributed by atoms with Gasteiger partial charge < -0.3 is 9.47 Å². The number of hydrogen-bond acceptors (Lipinski definition) is 3. The molecule has 2 rings (SSSR count). The number of rotatable bonds is 3. The zero-order valence-electron chi connectivity index (χ0n) is 11.2. The summed E-state index contributed by atoms with van der Waals surface area (Å²) < 4.78 is 1.93. The Hall–Kier alpha value is -2.43. The summed E-state index contributed by atoms with van der Waals surface area (Å²) in [4.78, 5) is 21.5. The van der Waals surface area contributed by atoms with E-state index in [1.54, 1.807) is 38.8 Å². The highest BCUT2D eigenvalue weighted by Gasteiger charge is 2.07. The molecular weight excluding hydrogens is 240 g/mol. The second-order valence-corrected chi connectivity index (χ2v) is 4.37. The van der Waals surface area contributed by atoms with E-state index in [2.05, 4.69) is 9.97 Å². The Labute approximate surface area is 112 Å². The van der Waals surface area contributed by atoms with E-state index in [9.17, 15) is 4.79 Å². The number of likely N-dealkylation sites (N-methyl/N-ethyl adjacent to an activating group) is 1. The van der Waals surface area contributed by atoms with E-state index < -0.39 is 0 Å². The number of nitrogens with zero attached hydrogens (tertiary/aromatic N) is 4. The van der Waals surface area contributed by atoms with Crippen LogP contribution in [0.15, 0.2) is 36.8 Å². The summed E-state index contributed by atoms with van der Waals surface area (Å²) >= 11 is 0. The van der Waals surface area contributed by atoms with Gasteiger partial charge in [-0.25, -0.2) is 4.98 Å². The second-order valence-electron chi connectivity index (χ2n) is 4.37. The Morgan fingerprint density at radius 2 is 2.16 bits per heavy atom. The summed E-state index contributed by atoms with van der Waals surface area (Å²) in [6.07, 6.45) is 8.52. The van der Waals surface area contributed by atoms with Crippen molar-refractivity contribution in [1.82, 2.24) is 19.4 Å². The van der Waals surface area contributed by atoms with Crippen molar-refractivity contribution < 1.29 is 4.79 Å². The van der Waals surface area contributed by atoms with Crippen LogP contribution in [0.4, 0.5) is 0 Å². The maximum absolute atomic E-state index is 11.5. The fourth-order valence-corrected chi connectivity index (χ4v) is 1.65. The van der Waals surface area contributed by atoms with Gasteiger partial charge in [-0.15, -0.1) is 0 Å². The van der Waals surface area contributed by atoms with Gasteiger partial charge >= 0.3 is 0 Å². The van der Waals surface area contributed by atoms with Crippen molar-refractivity contribution in [2.24, 2.45) is 7.05 Å². The SMILES string of the molecule is CN(C)C(=O)C=Cc1cnc(-c2cccnc2)n1C. The minimum Gasteiger partial charge on any atom is -0.345 e. The molecule has 1 amide bonds. The summed E-state index contributed by atoms with van der Waals surface area (Å²) in [7, 11) is 5.35. The molecule has 98 valence electrons. The van der Waals surface area contributed by atoms with Gasteiger partial charge in [-0.05, 0) is 18.2 Å². The van der Waals surface area contributed by atoms with E-state index in [0.717, 1.165) is 17.1 Å². The smallest absolute Gasteiger partial charge is 0.246 e. The van der Waals surface area contributed by atoms with Crippen molar-refractivity contribution in [2.45, 2.75) is 0 Å². The van der Waals surface area contributed by atoms with Crippen molar-refractivity contribution in [3.63, 3.8) is 0 Å². The summed E-state index contributed by atoms with van der Waals surface area (Å²) in [5, 5.41) is 0. The van der Waals surface area contributed by atoms with Crippen molar-refractivity contribution in [3.05, 3.63) is 42.5 Å². The molecule has 2 aromatic rings. The van der Waals surface area contributed by atoms with Gasteiger partial charge in [-0.2, -0.15) is 0 Å². The molecule has 0 fully saturated rings. The lowest BCUT2D eigenvalue weighted by Crippen LogP contribution is -2.18. The van der Waals surface area contributed by atoms with Crippen LogP contribution in [-0.2, 0) is 11.8 Å². The monoisotopic (exact) mass is 256 g/mol. The predicted molar refractivity (Wildman–Crippen MR) is 74.2 cm³/mol. The third kappa shape index (κ3) is 2.88. The lowest BCUT2D eigenvalue weighted by atomic mass is 10.3. The molecule has 0 unspecified atom stereocenters. The zero-order chi connectivity index (χ0) is 13.8. The van der Waals surface area contributed by atoms with Gasteiger partial charge in [0.05, 0.1) is 11.9 Å². The van der Waals surface area contributed by atoms with Crippen LogP contribution in [0, 0.1) is 0 Å². The van der Waals surface area contributed by atoms with Crippen LogP contribution in [0.1, 0.15) is 5.69 Å². The molecule has 0 N–H and O–H groups in total. The summed E-state index contributed by atoms with van der Waals surface area (Å²) in [5.74, 6) is 0.772. The standard InChI is InChI=1S/C14H16N4O/c1-17(2)13(19)7-6-12-10-16-14(18(12)3)11-5-4-8-15-9-11/h4-10H,1-3H3. The number of amides is 1. The lowest BCUT2D eigenvalue weighted by Gasteiger charge is -2.05. The molecule has 0 aliphatic carbocycles. The van der Waals surface area contributed by atoms with Gasteiger partial charge in [0.15, 0.2) is 0 Å². The topological polar surface area (TPSA) is 51.0 Å². The summed E-state index contributed by atoms with van der Waals surface area (Å²) in [5.41, 5.74) is 1.82. The van der Waals surface area contributed by atoms with Gasteiger partial charge in [0.1, 0.15) is 5.82 Å². The van der Waals surface area contributed by atoms with Crippen LogP contribution in [0.2, 0.25) is 0 Å². The highest BCUT2D eigenvalue weighted by Crippen LogP contribution is 2.17. The number of carbonyl (C=O) groups is 1. The number of imidazole rings is 1. The minimum atomic E-state index is -0.0517. The number of pyridine rings is 1. The molecular formula is C14H16N4O. The maximum atomic E-state index is 11.5. The minimum absolute atomic E-state index is 0.0517. The molecule has 5 nitrogen and oxygen atoms in total. The van der Waals surface area contributed by atoms with Crippen LogP contribution >= 0.6 is 0 Å². The van der Waals surface area contributed by atoms with Crippen LogP contribution < -0.4 is 0 Å². The molecule has 5 heteroatoms. The van der Waals surface area contributed by atoms with Crippen molar-refractivity contribution in [1.29, 1.82) is 0 Å². The Kier molecular flexibility index (Phi) is 3.75. The number of aromatic nitrogens is 3. The molecule has 2 heterocycles. The predicted octanol–water partition coefficient (Wildman–Crippen LogP) is 1.58. The Morgan fingerprint density at radius 3 is 2.79 bits per heavy atom. The molecule has 19 heavy (non-hydrogen) atoms. The van der Waals surface area contributed by atoms with Crippen LogP contribution in [0.3, 0.4) is 0 Å². The van der Waals surface area contributed by atoms with Crippen LogP contribution in [0.25, 0.3) is 17.5 Å². The maximum Gasteiger partial charge on any atom is 0.246 e. The van der Waals surface area contributed by atoms with Crippen LogP contribution in [-0.4, -0.2) is 39.4 Å². The van der Waals surface area contributed by atoms with E-state index in [0.29, 0.717) is 0 Å². The first-order valence-electron chi connectivity index (χ1n) is 5.91. The van der Waals surface area contributed by atoms with Crippen molar-refractivity contribution >= 4 is 12.0 Å². The molecule has 0 saturated heterocycles. The van der Waals surface area contributed by atoms with Crippen molar-refractivity contribution in [2.75, 3.05) is 14.1 Å².